The number of aryl methyl sites for hydroxylation is 2. The van der Waals surface area contributed by atoms with Crippen LogP contribution in [0.4, 0.5) is 5.69 Å². The van der Waals surface area contributed by atoms with Gasteiger partial charge in [-0.15, -0.1) is 0 Å². The Bertz CT molecular complexity index is 786. The van der Waals surface area contributed by atoms with E-state index < -0.39 is 10.0 Å². The largest absolute Gasteiger partial charge is 0.371 e. The predicted molar refractivity (Wildman–Crippen MR) is 94.5 cm³/mol. The topological polar surface area (TPSA) is 67.2 Å². The van der Waals surface area contributed by atoms with Crippen molar-refractivity contribution in [1.29, 1.82) is 0 Å². The number of anilines is 1. The molecule has 1 unspecified atom stereocenters. The second kappa shape index (κ2) is 6.94. The quantitative estimate of drug-likeness (QED) is 0.896. The van der Waals surface area contributed by atoms with Gasteiger partial charge in [-0.3, -0.25) is 4.68 Å². The van der Waals surface area contributed by atoms with Crippen molar-refractivity contribution < 1.29 is 8.42 Å². The molecule has 1 atom stereocenters. The van der Waals surface area contributed by atoms with E-state index in [4.69, 9.17) is 0 Å². The van der Waals surface area contributed by atoms with Crippen molar-refractivity contribution in [1.82, 2.24) is 14.5 Å². The van der Waals surface area contributed by atoms with Crippen molar-refractivity contribution in [2.75, 3.05) is 24.5 Å². The van der Waals surface area contributed by atoms with Crippen LogP contribution in [0.15, 0.2) is 41.4 Å². The van der Waals surface area contributed by atoms with Crippen LogP contribution in [0, 0.1) is 12.8 Å². The van der Waals surface area contributed by atoms with Gasteiger partial charge in [0.2, 0.25) is 10.0 Å². The SMILES string of the molecule is Cc1nn(C)cc1S(=O)(=O)NCC1CCCN(c2ccccc2)C1. The lowest BCUT2D eigenvalue weighted by Gasteiger charge is -2.34. The average Bonchev–Trinajstić information content (AvgIpc) is 2.93. The maximum atomic E-state index is 12.5. The van der Waals surface area contributed by atoms with E-state index in [1.54, 1.807) is 20.2 Å². The van der Waals surface area contributed by atoms with E-state index in [-0.39, 0.29) is 4.90 Å². The zero-order valence-electron chi connectivity index (χ0n) is 14.1. The molecule has 24 heavy (non-hydrogen) atoms. The number of sulfonamides is 1. The van der Waals surface area contributed by atoms with Crippen molar-refractivity contribution in [3.63, 3.8) is 0 Å². The number of hydrogen-bond acceptors (Lipinski definition) is 4. The van der Waals surface area contributed by atoms with Gasteiger partial charge in [0.25, 0.3) is 0 Å². The third-order valence-corrected chi connectivity index (χ3v) is 5.99. The van der Waals surface area contributed by atoms with Crippen LogP contribution in [-0.2, 0) is 17.1 Å². The molecule has 130 valence electrons. The summed E-state index contributed by atoms with van der Waals surface area (Å²) in [5, 5.41) is 4.11. The monoisotopic (exact) mass is 348 g/mol. The van der Waals surface area contributed by atoms with E-state index in [1.807, 2.05) is 18.2 Å². The Morgan fingerprint density at radius 3 is 2.71 bits per heavy atom. The number of nitrogens with one attached hydrogen (secondary N) is 1. The summed E-state index contributed by atoms with van der Waals surface area (Å²) < 4.78 is 29.3. The summed E-state index contributed by atoms with van der Waals surface area (Å²) in [7, 11) is -1.78. The Balaban J connectivity index is 1.63. The van der Waals surface area contributed by atoms with Crippen molar-refractivity contribution >= 4 is 15.7 Å². The van der Waals surface area contributed by atoms with Crippen molar-refractivity contribution in [3.8, 4) is 0 Å². The third kappa shape index (κ3) is 3.79. The summed E-state index contributed by atoms with van der Waals surface area (Å²) in [5.41, 5.74) is 1.73. The van der Waals surface area contributed by atoms with E-state index in [0.717, 1.165) is 25.9 Å². The smallest absolute Gasteiger partial charge is 0.243 e. The number of benzene rings is 1. The molecular formula is C17H24N4O2S. The van der Waals surface area contributed by atoms with Crippen molar-refractivity contribution in [2.24, 2.45) is 13.0 Å². The summed E-state index contributed by atoms with van der Waals surface area (Å²) in [5.74, 6) is 0.311. The van der Waals surface area contributed by atoms with Crippen molar-refractivity contribution in [3.05, 3.63) is 42.2 Å². The molecule has 7 heteroatoms. The first-order valence-corrected chi connectivity index (χ1v) is 9.74. The van der Waals surface area contributed by atoms with Gasteiger partial charge in [-0.25, -0.2) is 13.1 Å². The highest BCUT2D eigenvalue weighted by Gasteiger charge is 2.24. The number of aromatic nitrogens is 2. The molecule has 1 aliphatic heterocycles. The summed E-state index contributed by atoms with van der Waals surface area (Å²) in [6, 6.07) is 10.3. The molecule has 6 nitrogen and oxygen atoms in total. The molecule has 0 bridgehead atoms. The van der Waals surface area contributed by atoms with E-state index in [9.17, 15) is 8.42 Å². The molecule has 3 rings (SSSR count). The zero-order chi connectivity index (χ0) is 17.2. The summed E-state index contributed by atoms with van der Waals surface area (Å²) >= 11 is 0. The zero-order valence-corrected chi connectivity index (χ0v) is 15.0. The minimum absolute atomic E-state index is 0.265. The minimum atomic E-state index is -3.50. The molecule has 2 aromatic rings. The predicted octanol–water partition coefficient (Wildman–Crippen LogP) is 1.92. The van der Waals surface area contributed by atoms with Crippen LogP contribution in [0.3, 0.4) is 0 Å². The third-order valence-electron chi connectivity index (χ3n) is 4.46. The number of nitrogens with zero attached hydrogens (tertiary/aromatic N) is 3. The fourth-order valence-electron chi connectivity index (χ4n) is 3.25. The number of rotatable bonds is 5. The first-order chi connectivity index (χ1) is 11.5. The molecule has 0 radical (unpaired) electrons. The molecule has 1 fully saturated rings. The highest BCUT2D eigenvalue weighted by molar-refractivity contribution is 7.89. The standard InChI is InChI=1S/C17H24N4O2S/c1-14-17(13-20(2)19-14)24(22,23)18-11-15-7-6-10-21(12-15)16-8-4-3-5-9-16/h3-5,8-9,13,15,18H,6-7,10-12H2,1-2H3. The molecule has 1 aliphatic rings. The van der Waals surface area contributed by atoms with Gasteiger partial charge < -0.3 is 4.90 Å². The number of para-hydroxylation sites is 1. The van der Waals surface area contributed by atoms with Gasteiger partial charge in [0, 0.05) is 38.6 Å². The van der Waals surface area contributed by atoms with Crippen LogP contribution >= 0.6 is 0 Å². The van der Waals surface area contributed by atoms with Gasteiger partial charge in [0.05, 0.1) is 5.69 Å². The van der Waals surface area contributed by atoms with Gasteiger partial charge in [-0.2, -0.15) is 5.10 Å². The molecule has 0 amide bonds. The molecule has 1 saturated heterocycles. The van der Waals surface area contributed by atoms with Gasteiger partial charge in [0.15, 0.2) is 0 Å². The maximum Gasteiger partial charge on any atom is 0.243 e. The normalized spacial score (nSPS) is 18.8. The second-order valence-electron chi connectivity index (χ2n) is 6.39. The highest BCUT2D eigenvalue weighted by Crippen LogP contribution is 2.23. The molecule has 2 heterocycles. The Labute approximate surface area is 143 Å². The highest BCUT2D eigenvalue weighted by atomic mass is 32.2. The Morgan fingerprint density at radius 2 is 2.04 bits per heavy atom. The minimum Gasteiger partial charge on any atom is -0.371 e. The van der Waals surface area contributed by atoms with Gasteiger partial charge in [-0.05, 0) is 37.8 Å². The first-order valence-electron chi connectivity index (χ1n) is 8.25. The fourth-order valence-corrected chi connectivity index (χ4v) is 4.58. The Kier molecular flexibility index (Phi) is 4.91. The molecule has 1 N–H and O–H groups in total. The molecule has 1 aromatic heterocycles. The number of piperidine rings is 1. The van der Waals surface area contributed by atoms with Gasteiger partial charge in [0.1, 0.15) is 4.90 Å². The second-order valence-corrected chi connectivity index (χ2v) is 8.13. The van der Waals surface area contributed by atoms with Crippen LogP contribution in [0.5, 0.6) is 0 Å². The van der Waals surface area contributed by atoms with Crippen LogP contribution in [0.2, 0.25) is 0 Å². The van der Waals surface area contributed by atoms with Crippen LogP contribution in [0.1, 0.15) is 18.5 Å². The molecular weight excluding hydrogens is 324 g/mol. The summed E-state index contributed by atoms with van der Waals surface area (Å²) in [4.78, 5) is 2.60. The Morgan fingerprint density at radius 1 is 1.29 bits per heavy atom. The molecule has 0 aliphatic carbocycles. The summed E-state index contributed by atoms with van der Waals surface area (Å²) in [6.07, 6.45) is 3.67. The molecule has 0 saturated carbocycles. The van der Waals surface area contributed by atoms with E-state index in [2.05, 4.69) is 26.9 Å². The molecule has 0 spiro atoms. The van der Waals surface area contributed by atoms with Crippen molar-refractivity contribution in [2.45, 2.75) is 24.7 Å². The molecule has 1 aromatic carbocycles. The fraction of sp³-hybridized carbons (Fsp3) is 0.471. The lowest BCUT2D eigenvalue weighted by Crippen LogP contribution is -2.41. The lowest BCUT2D eigenvalue weighted by atomic mass is 9.98. The van der Waals surface area contributed by atoms with Crippen LogP contribution in [-0.4, -0.2) is 37.8 Å². The first kappa shape index (κ1) is 17.0. The maximum absolute atomic E-state index is 12.5. The van der Waals surface area contributed by atoms with E-state index in [0.29, 0.717) is 18.2 Å². The summed E-state index contributed by atoms with van der Waals surface area (Å²) in [6.45, 7) is 4.07. The lowest BCUT2D eigenvalue weighted by molar-refractivity contribution is 0.411. The van der Waals surface area contributed by atoms with E-state index in [1.165, 1.54) is 10.4 Å². The van der Waals surface area contributed by atoms with Gasteiger partial charge >= 0.3 is 0 Å². The van der Waals surface area contributed by atoms with Crippen LogP contribution < -0.4 is 9.62 Å². The van der Waals surface area contributed by atoms with E-state index >= 15 is 0 Å². The average molecular weight is 348 g/mol. The number of hydrogen-bond donors (Lipinski definition) is 1. The Hall–Kier alpha value is -1.86. The van der Waals surface area contributed by atoms with Gasteiger partial charge in [-0.1, -0.05) is 18.2 Å². The van der Waals surface area contributed by atoms with Crippen LogP contribution in [0.25, 0.3) is 0 Å².